The average molecular weight is 271 g/mol. The van der Waals surface area contributed by atoms with Gasteiger partial charge in [0.05, 0.1) is 19.4 Å². The molecule has 0 spiro atoms. The minimum atomic E-state index is -0.818. The van der Waals surface area contributed by atoms with Crippen LogP contribution in [0.3, 0.4) is 0 Å². The van der Waals surface area contributed by atoms with Crippen molar-refractivity contribution in [3.05, 3.63) is 23.9 Å². The second-order valence-corrected chi connectivity index (χ2v) is 4.29. The topological polar surface area (TPSA) is 54.5 Å². The quantitative estimate of drug-likeness (QED) is 0.891. The minimum absolute atomic E-state index is 0.129. The summed E-state index contributed by atoms with van der Waals surface area (Å²) < 4.78 is 31.3. The highest BCUT2D eigenvalue weighted by molar-refractivity contribution is 5.84. The Labute approximate surface area is 109 Å². The summed E-state index contributed by atoms with van der Waals surface area (Å²) in [6.07, 6.45) is 0.900. The van der Waals surface area contributed by atoms with Crippen LogP contribution in [0, 0.1) is 11.6 Å². The predicted octanol–water partition coefficient (Wildman–Crippen LogP) is 1.02. The number of nitrogens with one attached hydrogen (secondary N) is 1. The number of anilines is 1. The minimum Gasteiger partial charge on any atom is -0.378 e. The number of aromatic nitrogens is 1. The maximum atomic E-state index is 13.4. The van der Waals surface area contributed by atoms with Crippen LogP contribution in [0.25, 0.3) is 0 Å². The van der Waals surface area contributed by atoms with Gasteiger partial charge < -0.3 is 15.0 Å². The molecule has 0 aliphatic carbocycles. The van der Waals surface area contributed by atoms with Crippen LogP contribution in [-0.4, -0.2) is 48.1 Å². The molecule has 1 fully saturated rings. The molecule has 0 bridgehead atoms. The maximum Gasteiger partial charge on any atom is 0.244 e. The van der Waals surface area contributed by atoms with Crippen molar-refractivity contribution in [2.75, 3.05) is 31.6 Å². The number of carbonyl (C=O) groups excluding carboxylic acids is 1. The van der Waals surface area contributed by atoms with Gasteiger partial charge in [0.15, 0.2) is 11.6 Å². The Morgan fingerprint density at radius 1 is 1.47 bits per heavy atom. The number of morpholine rings is 1. The number of carbonyl (C=O) groups is 1. The van der Waals surface area contributed by atoms with Crippen molar-refractivity contribution in [2.24, 2.45) is 0 Å². The first-order chi connectivity index (χ1) is 9.08. The molecule has 5 nitrogen and oxygen atoms in total. The molecule has 2 heterocycles. The highest BCUT2D eigenvalue weighted by Crippen LogP contribution is 2.13. The smallest absolute Gasteiger partial charge is 0.244 e. The lowest BCUT2D eigenvalue weighted by Gasteiger charge is -2.29. The van der Waals surface area contributed by atoms with Crippen LogP contribution >= 0.6 is 0 Å². The van der Waals surface area contributed by atoms with Crippen molar-refractivity contribution >= 4 is 11.7 Å². The van der Waals surface area contributed by atoms with Crippen molar-refractivity contribution in [1.82, 2.24) is 9.88 Å². The average Bonchev–Trinajstić information content (AvgIpc) is 2.42. The predicted molar refractivity (Wildman–Crippen MR) is 64.6 cm³/mol. The zero-order chi connectivity index (χ0) is 13.8. The van der Waals surface area contributed by atoms with E-state index < -0.39 is 17.7 Å². The molecule has 1 aliphatic heterocycles. The van der Waals surface area contributed by atoms with Gasteiger partial charge in [-0.25, -0.2) is 13.8 Å². The van der Waals surface area contributed by atoms with E-state index in [0.29, 0.717) is 26.3 Å². The Bertz CT molecular complexity index is 464. The molecule has 1 N–H and O–H groups in total. The second-order valence-electron chi connectivity index (χ2n) is 4.29. The van der Waals surface area contributed by atoms with E-state index >= 15 is 0 Å². The summed E-state index contributed by atoms with van der Waals surface area (Å²) >= 11 is 0. The van der Waals surface area contributed by atoms with Crippen LogP contribution in [0.4, 0.5) is 14.6 Å². The largest absolute Gasteiger partial charge is 0.378 e. The van der Waals surface area contributed by atoms with Crippen LogP contribution in [0.5, 0.6) is 0 Å². The second kappa shape index (κ2) is 5.92. The van der Waals surface area contributed by atoms with Crippen molar-refractivity contribution in [1.29, 1.82) is 0 Å². The summed E-state index contributed by atoms with van der Waals surface area (Å²) in [5.74, 6) is -1.86. The molecule has 1 amide bonds. The van der Waals surface area contributed by atoms with Gasteiger partial charge in [0.2, 0.25) is 5.91 Å². The van der Waals surface area contributed by atoms with E-state index in [1.54, 1.807) is 11.8 Å². The lowest BCUT2D eigenvalue weighted by molar-refractivity contribution is -0.135. The summed E-state index contributed by atoms with van der Waals surface area (Å²) in [7, 11) is 0. The Morgan fingerprint density at radius 3 is 2.79 bits per heavy atom. The van der Waals surface area contributed by atoms with Crippen LogP contribution in [-0.2, 0) is 9.53 Å². The molecule has 1 unspecified atom stereocenters. The fourth-order valence-electron chi connectivity index (χ4n) is 1.85. The molecule has 1 saturated heterocycles. The summed E-state index contributed by atoms with van der Waals surface area (Å²) in [5.41, 5.74) is 0. The highest BCUT2D eigenvalue weighted by atomic mass is 19.1. The molecule has 0 aromatic carbocycles. The van der Waals surface area contributed by atoms with Crippen molar-refractivity contribution < 1.29 is 18.3 Å². The molecule has 0 radical (unpaired) electrons. The van der Waals surface area contributed by atoms with Crippen LogP contribution in [0.1, 0.15) is 6.92 Å². The normalized spacial score (nSPS) is 17.1. The molecule has 104 valence electrons. The van der Waals surface area contributed by atoms with Crippen LogP contribution < -0.4 is 5.32 Å². The third-order valence-corrected chi connectivity index (χ3v) is 2.85. The fourth-order valence-corrected chi connectivity index (χ4v) is 1.85. The number of nitrogens with zero attached hydrogens (tertiary/aromatic N) is 2. The Morgan fingerprint density at radius 2 is 2.16 bits per heavy atom. The maximum absolute atomic E-state index is 13.4. The van der Waals surface area contributed by atoms with Gasteiger partial charge in [0, 0.05) is 19.2 Å². The molecular weight excluding hydrogens is 256 g/mol. The lowest BCUT2D eigenvalue weighted by Crippen LogP contribution is -2.47. The van der Waals surface area contributed by atoms with E-state index in [-0.39, 0.29) is 11.7 Å². The fraction of sp³-hybridized carbons (Fsp3) is 0.500. The summed E-state index contributed by atoms with van der Waals surface area (Å²) in [4.78, 5) is 17.3. The molecule has 2 rings (SSSR count). The van der Waals surface area contributed by atoms with Crippen molar-refractivity contribution in [3.8, 4) is 0 Å². The lowest BCUT2D eigenvalue weighted by atomic mass is 10.2. The summed E-state index contributed by atoms with van der Waals surface area (Å²) in [6, 6.07) is 0.0897. The first-order valence-electron chi connectivity index (χ1n) is 6.02. The van der Waals surface area contributed by atoms with Crippen molar-refractivity contribution in [3.63, 3.8) is 0 Å². The number of pyridine rings is 1. The molecule has 1 aliphatic rings. The van der Waals surface area contributed by atoms with Crippen LogP contribution in [0.2, 0.25) is 0 Å². The molecular formula is C12H15F2N3O2. The molecule has 1 aromatic heterocycles. The third-order valence-electron chi connectivity index (χ3n) is 2.85. The Hall–Kier alpha value is -1.76. The zero-order valence-corrected chi connectivity index (χ0v) is 10.5. The number of ether oxygens (including phenoxy) is 1. The van der Waals surface area contributed by atoms with E-state index in [1.807, 2.05) is 0 Å². The first kappa shape index (κ1) is 13.7. The van der Waals surface area contributed by atoms with Gasteiger partial charge in [-0.2, -0.15) is 0 Å². The van der Waals surface area contributed by atoms with Gasteiger partial charge in [-0.15, -0.1) is 0 Å². The summed E-state index contributed by atoms with van der Waals surface area (Å²) in [6.45, 7) is 3.65. The molecule has 19 heavy (non-hydrogen) atoms. The summed E-state index contributed by atoms with van der Waals surface area (Å²) in [5, 5.41) is 2.65. The zero-order valence-electron chi connectivity index (χ0n) is 10.5. The van der Waals surface area contributed by atoms with E-state index in [0.717, 1.165) is 12.3 Å². The molecule has 1 aromatic rings. The van der Waals surface area contributed by atoms with Gasteiger partial charge >= 0.3 is 0 Å². The van der Waals surface area contributed by atoms with Gasteiger partial charge in [0.25, 0.3) is 0 Å². The highest BCUT2D eigenvalue weighted by Gasteiger charge is 2.23. The van der Waals surface area contributed by atoms with Gasteiger partial charge in [-0.05, 0) is 6.92 Å². The first-order valence-corrected chi connectivity index (χ1v) is 6.02. The molecule has 0 saturated carbocycles. The van der Waals surface area contributed by atoms with Crippen molar-refractivity contribution in [2.45, 2.75) is 13.0 Å². The van der Waals surface area contributed by atoms with E-state index in [9.17, 15) is 13.6 Å². The SMILES string of the molecule is CC(Nc1ncc(F)cc1F)C(=O)N1CCOCC1. The number of hydrogen-bond acceptors (Lipinski definition) is 4. The van der Waals surface area contributed by atoms with Gasteiger partial charge in [-0.1, -0.05) is 0 Å². The van der Waals surface area contributed by atoms with E-state index in [1.165, 1.54) is 0 Å². The standard InChI is InChI=1S/C12H15F2N3O2/c1-8(12(18)17-2-4-19-5-3-17)16-11-10(14)6-9(13)7-15-11/h6-8H,2-5H2,1H3,(H,15,16). The Balaban J connectivity index is 1.99. The molecule has 7 heteroatoms. The van der Waals surface area contributed by atoms with Crippen LogP contribution in [0.15, 0.2) is 12.3 Å². The van der Waals surface area contributed by atoms with E-state index in [4.69, 9.17) is 4.74 Å². The monoisotopic (exact) mass is 271 g/mol. The Kier molecular flexibility index (Phi) is 4.26. The number of halogens is 2. The van der Waals surface area contributed by atoms with Gasteiger partial charge in [-0.3, -0.25) is 4.79 Å². The van der Waals surface area contributed by atoms with E-state index in [2.05, 4.69) is 10.3 Å². The third kappa shape index (κ3) is 3.37. The number of rotatable bonds is 3. The number of amides is 1. The molecule has 1 atom stereocenters. The number of hydrogen-bond donors (Lipinski definition) is 1. The van der Waals surface area contributed by atoms with Gasteiger partial charge in [0.1, 0.15) is 11.9 Å².